The Hall–Kier alpha value is -5.00. The number of nitrogens with one attached hydrogen (secondary N) is 2. The van der Waals surface area contributed by atoms with E-state index in [1.165, 1.54) is 10.7 Å². The van der Waals surface area contributed by atoms with Crippen molar-refractivity contribution in [1.29, 1.82) is 0 Å². The monoisotopic (exact) mass is 560 g/mol. The van der Waals surface area contributed by atoms with Crippen LogP contribution in [0, 0.1) is 0 Å². The van der Waals surface area contributed by atoms with Gasteiger partial charge >= 0.3 is 12.2 Å². The Kier molecular flexibility index (Phi) is 8.81. The summed E-state index contributed by atoms with van der Waals surface area (Å²) in [6, 6.07) is 17.0. The van der Waals surface area contributed by atoms with Gasteiger partial charge in [-0.2, -0.15) is 10.1 Å². The predicted molar refractivity (Wildman–Crippen MR) is 151 cm³/mol. The van der Waals surface area contributed by atoms with Gasteiger partial charge in [-0.15, -0.1) is 0 Å². The molecule has 1 unspecified atom stereocenters. The summed E-state index contributed by atoms with van der Waals surface area (Å²) in [5, 5.41) is 13.9. The van der Waals surface area contributed by atoms with Crippen molar-refractivity contribution in [3.05, 3.63) is 82.5 Å². The van der Waals surface area contributed by atoms with Gasteiger partial charge in [-0.05, 0) is 58.4 Å². The molecule has 0 radical (unpaired) electrons. The Morgan fingerprint density at radius 2 is 1.76 bits per heavy atom. The molecule has 41 heavy (non-hydrogen) atoms. The molecule has 2 amide bonds. The number of nitrogens with zero attached hydrogens (tertiary/aromatic N) is 4. The molecular weight excluding hydrogens is 528 g/mol. The van der Waals surface area contributed by atoms with Crippen LogP contribution in [0.15, 0.2) is 70.0 Å². The molecule has 4 rings (SSSR count). The van der Waals surface area contributed by atoms with Crippen LogP contribution in [0.5, 0.6) is 0 Å². The first-order valence-corrected chi connectivity index (χ1v) is 13.1. The normalized spacial score (nSPS) is 11.9. The number of benzene rings is 2. The number of rotatable bonds is 8. The minimum absolute atomic E-state index is 0.213. The number of carbonyl (C=O) groups is 2. The average Bonchev–Trinajstić information content (AvgIpc) is 3.40. The summed E-state index contributed by atoms with van der Waals surface area (Å²) in [5.41, 5.74) is 2.53. The summed E-state index contributed by atoms with van der Waals surface area (Å²) in [5.74, 6) is 0.601. The summed E-state index contributed by atoms with van der Waals surface area (Å²) in [4.78, 5) is 40.7. The molecule has 0 bridgehead atoms. The van der Waals surface area contributed by atoms with E-state index < -0.39 is 23.8 Å². The van der Waals surface area contributed by atoms with E-state index in [9.17, 15) is 14.4 Å². The number of anilines is 1. The van der Waals surface area contributed by atoms with E-state index in [4.69, 9.17) is 14.0 Å². The van der Waals surface area contributed by atoms with Crippen LogP contribution in [-0.2, 0) is 16.0 Å². The molecule has 2 N–H and O–H groups in total. The van der Waals surface area contributed by atoms with Gasteiger partial charge in [0.2, 0.25) is 11.7 Å². The first kappa shape index (κ1) is 29.0. The zero-order chi connectivity index (χ0) is 29.6. The number of alkyl carbamates (subject to hydrolysis) is 1. The van der Waals surface area contributed by atoms with Crippen molar-refractivity contribution in [1.82, 2.24) is 25.2 Å². The molecule has 4 aromatic rings. The number of hydrogen-bond donors (Lipinski definition) is 2. The summed E-state index contributed by atoms with van der Waals surface area (Å²) < 4.78 is 16.9. The molecule has 0 saturated heterocycles. The molecule has 214 valence electrons. The van der Waals surface area contributed by atoms with Gasteiger partial charge in [0.15, 0.2) is 0 Å². The third-order valence-electron chi connectivity index (χ3n) is 5.63. The highest BCUT2D eigenvalue weighted by atomic mass is 16.6. The lowest BCUT2D eigenvalue weighted by atomic mass is 10.1. The van der Waals surface area contributed by atoms with E-state index in [1.807, 2.05) is 30.3 Å². The van der Waals surface area contributed by atoms with Gasteiger partial charge in [0.05, 0.1) is 18.8 Å². The predicted octanol–water partition coefficient (Wildman–Crippen LogP) is 5.16. The van der Waals surface area contributed by atoms with Crippen LogP contribution in [0.1, 0.15) is 52.1 Å². The summed E-state index contributed by atoms with van der Waals surface area (Å²) in [7, 11) is 0. The van der Waals surface area contributed by atoms with E-state index in [0.29, 0.717) is 22.8 Å². The van der Waals surface area contributed by atoms with Crippen molar-refractivity contribution < 1.29 is 23.6 Å². The minimum Gasteiger partial charge on any atom is -0.450 e. The number of carbonyl (C=O) groups excluding carboxylic acids is 2. The first-order chi connectivity index (χ1) is 19.5. The van der Waals surface area contributed by atoms with E-state index in [0.717, 1.165) is 11.1 Å². The van der Waals surface area contributed by atoms with Gasteiger partial charge in [-0.1, -0.05) is 41.6 Å². The van der Waals surface area contributed by atoms with Crippen molar-refractivity contribution in [2.75, 3.05) is 11.9 Å². The van der Waals surface area contributed by atoms with Crippen molar-refractivity contribution in [3.63, 3.8) is 0 Å². The van der Waals surface area contributed by atoms with Gasteiger partial charge in [0.25, 0.3) is 5.56 Å². The second kappa shape index (κ2) is 12.5. The highest BCUT2D eigenvalue weighted by molar-refractivity contribution is 5.84. The summed E-state index contributed by atoms with van der Waals surface area (Å²) >= 11 is 0. The number of hydrogen-bond acceptors (Lipinski definition) is 9. The Morgan fingerprint density at radius 3 is 2.46 bits per heavy atom. The summed E-state index contributed by atoms with van der Waals surface area (Å²) in [6.45, 7) is 9.26. The Morgan fingerprint density at radius 1 is 1.02 bits per heavy atom. The number of aromatic nitrogens is 4. The average molecular weight is 561 g/mol. The smallest absolute Gasteiger partial charge is 0.411 e. The molecule has 0 fully saturated rings. The standard InChI is InChI=1S/C29H32N6O6/c1-6-39-27(37)31-22-9-7-8-19(16-22)17-35-24(36)15-14-23(33-35)20-10-12-21(13-11-20)25-32-26(41-34-25)18(2)30-28(38)40-29(3,4)5/h7-16,18H,6,17H2,1-5H3,(H,30,38)(H,31,37). The van der Waals surface area contributed by atoms with Gasteiger partial charge < -0.3 is 19.3 Å². The van der Waals surface area contributed by atoms with E-state index in [2.05, 4.69) is 25.9 Å². The molecule has 0 aliphatic carbocycles. The van der Waals surface area contributed by atoms with Gasteiger partial charge in [-0.25, -0.2) is 14.3 Å². The highest BCUT2D eigenvalue weighted by Crippen LogP contribution is 2.23. The fraction of sp³-hybridized carbons (Fsp3) is 0.310. The zero-order valence-electron chi connectivity index (χ0n) is 23.5. The molecule has 0 aliphatic rings. The molecule has 2 aromatic heterocycles. The lowest BCUT2D eigenvalue weighted by Gasteiger charge is -2.20. The molecular formula is C29H32N6O6. The third-order valence-corrected chi connectivity index (χ3v) is 5.63. The zero-order valence-corrected chi connectivity index (χ0v) is 23.5. The molecule has 2 heterocycles. The topological polar surface area (TPSA) is 150 Å². The van der Waals surface area contributed by atoms with Crippen LogP contribution in [0.2, 0.25) is 0 Å². The first-order valence-electron chi connectivity index (χ1n) is 13.1. The van der Waals surface area contributed by atoms with E-state index in [1.54, 1.807) is 58.9 Å². The van der Waals surface area contributed by atoms with E-state index >= 15 is 0 Å². The fourth-order valence-corrected chi connectivity index (χ4v) is 3.79. The van der Waals surface area contributed by atoms with E-state index in [-0.39, 0.29) is 24.6 Å². The second-order valence-electron chi connectivity index (χ2n) is 10.2. The lowest BCUT2D eigenvalue weighted by molar-refractivity contribution is 0.0499. The van der Waals surface area contributed by atoms with Crippen LogP contribution >= 0.6 is 0 Å². The fourth-order valence-electron chi connectivity index (χ4n) is 3.79. The van der Waals surface area contributed by atoms with Crippen LogP contribution in [-0.4, -0.2) is 44.3 Å². The van der Waals surface area contributed by atoms with Gasteiger partial charge in [0.1, 0.15) is 11.6 Å². The number of amides is 2. The van der Waals surface area contributed by atoms with Crippen LogP contribution in [0.3, 0.4) is 0 Å². The van der Waals surface area contributed by atoms with Crippen LogP contribution < -0.4 is 16.2 Å². The van der Waals surface area contributed by atoms with Crippen LogP contribution in [0.4, 0.5) is 15.3 Å². The quantitative estimate of drug-likeness (QED) is 0.298. The molecule has 0 saturated carbocycles. The molecule has 1 atom stereocenters. The molecule has 12 heteroatoms. The largest absolute Gasteiger partial charge is 0.450 e. The van der Waals surface area contributed by atoms with Crippen molar-refractivity contribution in [2.24, 2.45) is 0 Å². The summed E-state index contributed by atoms with van der Waals surface area (Å²) in [6.07, 6.45) is -1.13. The maximum Gasteiger partial charge on any atom is 0.411 e. The third kappa shape index (κ3) is 8.01. The van der Waals surface area contributed by atoms with Crippen molar-refractivity contribution >= 4 is 17.9 Å². The molecule has 2 aromatic carbocycles. The number of ether oxygens (including phenoxy) is 2. The van der Waals surface area contributed by atoms with Crippen LogP contribution in [0.25, 0.3) is 22.6 Å². The molecule has 0 spiro atoms. The molecule has 12 nitrogen and oxygen atoms in total. The second-order valence-corrected chi connectivity index (χ2v) is 10.2. The Labute approximate surface area is 236 Å². The highest BCUT2D eigenvalue weighted by Gasteiger charge is 2.22. The van der Waals surface area contributed by atoms with Crippen molar-refractivity contribution in [2.45, 2.75) is 52.8 Å². The minimum atomic E-state index is -0.623. The molecule has 0 aliphatic heterocycles. The van der Waals surface area contributed by atoms with Crippen molar-refractivity contribution in [3.8, 4) is 22.6 Å². The van der Waals surface area contributed by atoms with Gasteiger partial charge in [0, 0.05) is 22.9 Å². The SMILES string of the molecule is CCOC(=O)Nc1cccc(Cn2nc(-c3ccc(-c4noc(C(C)NC(=O)OC(C)(C)C)n4)cc3)ccc2=O)c1. The maximum absolute atomic E-state index is 12.5. The maximum atomic E-state index is 12.5. The lowest BCUT2D eigenvalue weighted by Crippen LogP contribution is -2.34. The van der Waals surface area contributed by atoms with Gasteiger partial charge in [-0.3, -0.25) is 10.1 Å². The Bertz CT molecular complexity index is 1570. The Balaban J connectivity index is 1.45.